The van der Waals surface area contributed by atoms with E-state index in [0.717, 1.165) is 30.9 Å². The number of nitrogens with one attached hydrogen (secondary N) is 1. The van der Waals surface area contributed by atoms with Crippen LogP contribution in [0.3, 0.4) is 0 Å². The van der Waals surface area contributed by atoms with Crippen LogP contribution in [0.5, 0.6) is 0 Å². The minimum absolute atomic E-state index is 0.0171. The fourth-order valence-electron chi connectivity index (χ4n) is 4.46. The first-order chi connectivity index (χ1) is 11.4. The first-order valence-electron chi connectivity index (χ1n) is 9.56. The molecule has 25 heavy (non-hydrogen) atoms. The van der Waals surface area contributed by atoms with Crippen LogP contribution in [-0.2, 0) is 0 Å². The van der Waals surface area contributed by atoms with Crippen molar-refractivity contribution < 1.29 is 0 Å². The Kier molecular flexibility index (Phi) is 5.68. The van der Waals surface area contributed by atoms with Crippen molar-refractivity contribution >= 4 is 5.71 Å². The van der Waals surface area contributed by atoms with E-state index in [-0.39, 0.29) is 10.8 Å². The summed E-state index contributed by atoms with van der Waals surface area (Å²) in [6.07, 6.45) is 10.7. The summed E-state index contributed by atoms with van der Waals surface area (Å²) in [5.41, 5.74) is 9.65. The van der Waals surface area contributed by atoms with E-state index in [4.69, 9.17) is 10.7 Å². The first kappa shape index (κ1) is 20.0. The van der Waals surface area contributed by atoms with Crippen LogP contribution in [0.1, 0.15) is 61.3 Å². The summed E-state index contributed by atoms with van der Waals surface area (Å²) in [4.78, 5) is 4.99. The quantitative estimate of drug-likeness (QED) is 0.706. The molecule has 0 saturated carbocycles. The van der Waals surface area contributed by atoms with E-state index < -0.39 is 0 Å². The SMILES string of the molecule is CC(=NC1=C(N)C=CC(C)(C)C=C1)C1CCNCC(C)(C)CC1(C)C. The molecule has 0 bridgehead atoms. The molecule has 1 saturated heterocycles. The zero-order valence-corrected chi connectivity index (χ0v) is 17.2. The maximum Gasteiger partial charge on any atom is 0.0855 e. The monoisotopic (exact) mass is 343 g/mol. The molecule has 0 radical (unpaired) electrons. The van der Waals surface area contributed by atoms with Crippen molar-refractivity contribution in [1.29, 1.82) is 0 Å². The van der Waals surface area contributed by atoms with Crippen LogP contribution >= 0.6 is 0 Å². The number of hydrogen-bond donors (Lipinski definition) is 2. The molecule has 1 unspecified atom stereocenters. The van der Waals surface area contributed by atoms with Gasteiger partial charge in [-0.1, -0.05) is 53.7 Å². The van der Waals surface area contributed by atoms with Crippen LogP contribution in [0.15, 0.2) is 40.7 Å². The first-order valence-corrected chi connectivity index (χ1v) is 9.56. The van der Waals surface area contributed by atoms with Crippen molar-refractivity contribution in [3.8, 4) is 0 Å². The normalized spacial score (nSPS) is 29.1. The summed E-state index contributed by atoms with van der Waals surface area (Å²) in [5.74, 6) is 0.452. The third-order valence-electron chi connectivity index (χ3n) is 5.55. The zero-order valence-electron chi connectivity index (χ0n) is 17.2. The van der Waals surface area contributed by atoms with Gasteiger partial charge in [0.15, 0.2) is 0 Å². The molecule has 0 aromatic carbocycles. The van der Waals surface area contributed by atoms with E-state index in [1.165, 1.54) is 12.1 Å². The molecular formula is C22H37N3. The number of hydrogen-bond acceptors (Lipinski definition) is 3. The highest BCUT2D eigenvalue weighted by Crippen LogP contribution is 2.42. The molecule has 0 aromatic rings. The molecule has 1 aliphatic heterocycles. The van der Waals surface area contributed by atoms with Gasteiger partial charge in [-0.15, -0.1) is 0 Å². The molecule has 2 aliphatic rings. The van der Waals surface area contributed by atoms with Gasteiger partial charge < -0.3 is 11.1 Å². The Labute approximate surface area is 154 Å². The van der Waals surface area contributed by atoms with E-state index in [2.05, 4.69) is 72.0 Å². The highest BCUT2D eigenvalue weighted by Gasteiger charge is 2.38. The van der Waals surface area contributed by atoms with Crippen molar-refractivity contribution in [2.75, 3.05) is 13.1 Å². The average Bonchev–Trinajstić information content (AvgIpc) is 2.57. The molecule has 2 rings (SSSR count). The van der Waals surface area contributed by atoms with Crippen molar-refractivity contribution in [2.45, 2.75) is 61.3 Å². The van der Waals surface area contributed by atoms with Crippen molar-refractivity contribution in [1.82, 2.24) is 5.32 Å². The van der Waals surface area contributed by atoms with Gasteiger partial charge >= 0.3 is 0 Å². The lowest BCUT2D eigenvalue weighted by Gasteiger charge is -2.43. The van der Waals surface area contributed by atoms with Crippen LogP contribution in [0.25, 0.3) is 0 Å². The fourth-order valence-corrected chi connectivity index (χ4v) is 4.46. The highest BCUT2D eigenvalue weighted by molar-refractivity contribution is 5.86. The van der Waals surface area contributed by atoms with Crippen LogP contribution in [0, 0.1) is 22.2 Å². The van der Waals surface area contributed by atoms with E-state index in [9.17, 15) is 0 Å². The Morgan fingerprint density at radius 2 is 1.76 bits per heavy atom. The van der Waals surface area contributed by atoms with Gasteiger partial charge in [0.2, 0.25) is 0 Å². The lowest BCUT2D eigenvalue weighted by molar-refractivity contribution is 0.129. The van der Waals surface area contributed by atoms with Crippen molar-refractivity contribution in [2.24, 2.45) is 32.9 Å². The largest absolute Gasteiger partial charge is 0.397 e. The van der Waals surface area contributed by atoms with E-state index in [1.807, 2.05) is 6.08 Å². The molecule has 0 aromatic heterocycles. The number of aliphatic imine (C=N–C) groups is 1. The zero-order chi connectivity index (χ0) is 18.9. The van der Waals surface area contributed by atoms with Gasteiger partial charge in [-0.25, -0.2) is 0 Å². The van der Waals surface area contributed by atoms with E-state index in [1.54, 1.807) is 0 Å². The Morgan fingerprint density at radius 1 is 1.12 bits per heavy atom. The number of nitrogens with zero attached hydrogens (tertiary/aromatic N) is 1. The summed E-state index contributed by atoms with van der Waals surface area (Å²) in [7, 11) is 0. The van der Waals surface area contributed by atoms with Gasteiger partial charge in [0.05, 0.1) is 11.4 Å². The molecule has 1 heterocycles. The molecule has 0 amide bonds. The smallest absolute Gasteiger partial charge is 0.0855 e. The summed E-state index contributed by atoms with van der Waals surface area (Å²) in [6.45, 7) is 18.2. The number of allylic oxidation sites excluding steroid dienone is 4. The predicted octanol–water partition coefficient (Wildman–Crippen LogP) is 4.82. The molecule has 0 spiro atoms. The maximum atomic E-state index is 6.27. The highest BCUT2D eigenvalue weighted by atomic mass is 14.9. The predicted molar refractivity (Wildman–Crippen MR) is 110 cm³/mol. The number of nitrogens with two attached hydrogens (primary N) is 1. The van der Waals surface area contributed by atoms with Gasteiger partial charge in [-0.3, -0.25) is 4.99 Å². The minimum Gasteiger partial charge on any atom is -0.397 e. The molecule has 3 heteroatoms. The van der Waals surface area contributed by atoms with Crippen molar-refractivity contribution in [3.63, 3.8) is 0 Å². The molecule has 1 fully saturated rings. The van der Waals surface area contributed by atoms with E-state index in [0.29, 0.717) is 11.3 Å². The van der Waals surface area contributed by atoms with E-state index >= 15 is 0 Å². The summed E-state index contributed by atoms with van der Waals surface area (Å²) in [6, 6.07) is 0. The number of rotatable bonds is 2. The Hall–Kier alpha value is -1.35. The van der Waals surface area contributed by atoms with Gasteiger partial charge in [-0.05, 0) is 49.3 Å². The van der Waals surface area contributed by atoms with Crippen LogP contribution in [0.2, 0.25) is 0 Å². The second-order valence-electron chi connectivity index (χ2n) is 9.93. The van der Waals surface area contributed by atoms with Gasteiger partial charge in [0, 0.05) is 23.6 Å². The maximum absolute atomic E-state index is 6.27. The third kappa shape index (κ3) is 5.31. The van der Waals surface area contributed by atoms with Crippen molar-refractivity contribution in [3.05, 3.63) is 35.7 Å². The molecular weight excluding hydrogens is 306 g/mol. The molecule has 140 valence electrons. The molecule has 3 nitrogen and oxygen atoms in total. The van der Waals surface area contributed by atoms with Gasteiger partial charge in [0.1, 0.15) is 0 Å². The second kappa shape index (κ2) is 7.11. The Balaban J connectivity index is 2.32. The van der Waals surface area contributed by atoms with Gasteiger partial charge in [0.25, 0.3) is 0 Å². The Morgan fingerprint density at radius 3 is 2.44 bits per heavy atom. The second-order valence-corrected chi connectivity index (χ2v) is 9.93. The summed E-state index contributed by atoms with van der Waals surface area (Å²) >= 11 is 0. The Bertz CT molecular complexity index is 615. The third-order valence-corrected chi connectivity index (χ3v) is 5.55. The fraction of sp³-hybridized carbons (Fsp3) is 0.682. The average molecular weight is 344 g/mol. The minimum atomic E-state index is 0.0171. The summed E-state index contributed by atoms with van der Waals surface area (Å²) in [5, 5.41) is 3.62. The molecule has 3 N–H and O–H groups in total. The van der Waals surface area contributed by atoms with Gasteiger partial charge in [-0.2, -0.15) is 0 Å². The topological polar surface area (TPSA) is 50.4 Å². The van der Waals surface area contributed by atoms with Crippen LogP contribution in [-0.4, -0.2) is 18.8 Å². The molecule has 1 aliphatic carbocycles. The van der Waals surface area contributed by atoms with Crippen LogP contribution in [0.4, 0.5) is 0 Å². The van der Waals surface area contributed by atoms with Crippen LogP contribution < -0.4 is 11.1 Å². The lowest BCUT2D eigenvalue weighted by atomic mass is 9.65. The molecule has 1 atom stereocenters. The standard InChI is InChI=1S/C22H37N3/c1-16(25-19-9-12-20(2,3)11-8-18(19)23)17-10-13-24-15-21(4,5)14-22(17,6)7/h8-9,11-12,17,24H,10,13-15,23H2,1-7H3. The summed E-state index contributed by atoms with van der Waals surface area (Å²) < 4.78 is 0. The lowest BCUT2D eigenvalue weighted by Crippen LogP contribution is -2.43.